The molecule has 0 saturated carbocycles. The molecule has 0 bridgehead atoms. The molecule has 1 unspecified atom stereocenters. The van der Waals surface area contributed by atoms with Crippen molar-refractivity contribution >= 4 is 11.8 Å². The topological polar surface area (TPSA) is 102 Å². The highest BCUT2D eigenvalue weighted by Crippen LogP contribution is 2.48. The van der Waals surface area contributed by atoms with Crippen molar-refractivity contribution in [2.24, 2.45) is 0 Å². The van der Waals surface area contributed by atoms with E-state index >= 15 is 0 Å². The molecule has 3 aliphatic heterocycles. The molecular formula is C14H11N3O5. The van der Waals surface area contributed by atoms with E-state index in [1.807, 2.05) is 0 Å². The van der Waals surface area contributed by atoms with Crippen molar-refractivity contribution in [2.45, 2.75) is 12.1 Å². The first-order valence-electron chi connectivity index (χ1n) is 6.85. The van der Waals surface area contributed by atoms with Crippen LogP contribution in [-0.2, 0) is 15.3 Å². The molecule has 3 aliphatic rings. The van der Waals surface area contributed by atoms with Crippen LogP contribution in [0, 0.1) is 10.1 Å². The lowest BCUT2D eigenvalue weighted by atomic mass is 9.95. The highest BCUT2D eigenvalue weighted by molar-refractivity contribution is 6.09. The van der Waals surface area contributed by atoms with Gasteiger partial charge in [-0.15, -0.1) is 0 Å². The van der Waals surface area contributed by atoms with Crippen LogP contribution in [0.1, 0.15) is 22.3 Å². The molecule has 1 aromatic carbocycles. The van der Waals surface area contributed by atoms with Gasteiger partial charge in [-0.3, -0.25) is 14.9 Å². The highest BCUT2D eigenvalue weighted by atomic mass is 16.6. The number of Topliss-reactive ketones (excluding diaryl/α,β-unsaturated/α-hetero) is 1. The van der Waals surface area contributed by atoms with Crippen LogP contribution >= 0.6 is 0 Å². The summed E-state index contributed by atoms with van der Waals surface area (Å²) in [6.45, 7) is 0.926. The first kappa shape index (κ1) is 12.8. The zero-order chi connectivity index (χ0) is 15.5. The summed E-state index contributed by atoms with van der Waals surface area (Å²) >= 11 is 0. The first-order valence-corrected chi connectivity index (χ1v) is 6.85. The Hall–Kier alpha value is -2.90. The number of benzene rings is 1. The van der Waals surface area contributed by atoms with E-state index in [0.29, 0.717) is 25.1 Å². The maximum atomic E-state index is 12.8. The first-order chi connectivity index (χ1) is 10.6. The predicted molar refractivity (Wildman–Crippen MR) is 71.9 cm³/mol. The minimum atomic E-state index is -1.74. The molecule has 22 heavy (non-hydrogen) atoms. The van der Waals surface area contributed by atoms with Crippen LogP contribution in [0.25, 0.3) is 0 Å². The number of carbonyl (C=O) groups excluding carboxylic acids is 2. The fourth-order valence-electron chi connectivity index (χ4n) is 3.31. The molecule has 1 N–H and O–H groups in total. The molecule has 1 aromatic rings. The van der Waals surface area contributed by atoms with Crippen molar-refractivity contribution in [2.75, 3.05) is 13.1 Å². The van der Waals surface area contributed by atoms with E-state index in [1.54, 1.807) is 24.3 Å². The zero-order valence-corrected chi connectivity index (χ0v) is 11.4. The molecule has 1 saturated heterocycles. The van der Waals surface area contributed by atoms with Gasteiger partial charge in [-0.25, -0.2) is 4.79 Å². The lowest BCUT2D eigenvalue weighted by Crippen LogP contribution is -2.51. The van der Waals surface area contributed by atoms with Gasteiger partial charge in [-0.2, -0.15) is 0 Å². The van der Waals surface area contributed by atoms with Gasteiger partial charge in [0.15, 0.2) is 5.82 Å². The minimum Gasteiger partial charge on any atom is -0.422 e. The van der Waals surface area contributed by atoms with E-state index in [2.05, 4.69) is 5.32 Å². The summed E-state index contributed by atoms with van der Waals surface area (Å²) < 4.78 is 5.39. The summed E-state index contributed by atoms with van der Waals surface area (Å²) in [6, 6.07) is 6.50. The Bertz CT molecular complexity index is 771. The Kier molecular flexibility index (Phi) is 2.37. The van der Waals surface area contributed by atoms with Gasteiger partial charge < -0.3 is 15.0 Å². The van der Waals surface area contributed by atoms with Gasteiger partial charge in [-0.1, -0.05) is 18.2 Å². The van der Waals surface area contributed by atoms with Gasteiger partial charge in [0, 0.05) is 18.7 Å². The second-order valence-corrected chi connectivity index (χ2v) is 5.29. The summed E-state index contributed by atoms with van der Waals surface area (Å²) in [6.07, 6.45) is 0.684. The Morgan fingerprint density at radius 2 is 2.09 bits per heavy atom. The summed E-state index contributed by atoms with van der Waals surface area (Å²) in [5, 5.41) is 14.2. The Balaban J connectivity index is 1.97. The molecule has 3 heterocycles. The number of ketones is 1. The molecule has 0 aromatic heterocycles. The van der Waals surface area contributed by atoms with Crippen LogP contribution in [0.3, 0.4) is 0 Å². The fourth-order valence-corrected chi connectivity index (χ4v) is 3.31. The lowest BCUT2D eigenvalue weighted by Gasteiger charge is -2.37. The van der Waals surface area contributed by atoms with Crippen molar-refractivity contribution in [3.63, 3.8) is 0 Å². The number of nitrogens with one attached hydrogen (secondary N) is 1. The molecule has 1 fully saturated rings. The third-order valence-corrected chi connectivity index (χ3v) is 4.18. The van der Waals surface area contributed by atoms with E-state index in [0.717, 1.165) is 0 Å². The average Bonchev–Trinajstić information content (AvgIpc) is 2.95. The van der Waals surface area contributed by atoms with Crippen molar-refractivity contribution in [3.8, 4) is 0 Å². The SMILES string of the molecule is O=C1OC2(C(=O)C([N+](=O)[O-])=C3NCCCN32)c2ccccc21. The van der Waals surface area contributed by atoms with Crippen molar-refractivity contribution in [3.05, 3.63) is 57.0 Å². The van der Waals surface area contributed by atoms with Crippen LogP contribution in [0.15, 0.2) is 35.8 Å². The highest BCUT2D eigenvalue weighted by Gasteiger charge is 2.66. The zero-order valence-electron chi connectivity index (χ0n) is 11.4. The minimum absolute atomic E-state index is 0.130. The quantitative estimate of drug-likeness (QED) is 0.453. The molecular weight excluding hydrogens is 290 g/mol. The van der Waals surface area contributed by atoms with E-state index in [9.17, 15) is 19.7 Å². The normalized spacial score (nSPS) is 25.9. The van der Waals surface area contributed by atoms with E-state index in [1.165, 1.54) is 4.90 Å². The number of nitro groups is 1. The maximum Gasteiger partial charge on any atom is 0.358 e. The van der Waals surface area contributed by atoms with Crippen molar-refractivity contribution < 1.29 is 19.2 Å². The summed E-state index contributed by atoms with van der Waals surface area (Å²) in [4.78, 5) is 37.0. The maximum absolute atomic E-state index is 12.8. The second-order valence-electron chi connectivity index (χ2n) is 5.29. The fraction of sp³-hybridized carbons (Fsp3) is 0.286. The van der Waals surface area contributed by atoms with Crippen LogP contribution < -0.4 is 5.32 Å². The van der Waals surface area contributed by atoms with Crippen LogP contribution in [0.4, 0.5) is 0 Å². The third-order valence-electron chi connectivity index (χ3n) is 4.18. The number of rotatable bonds is 1. The van der Waals surface area contributed by atoms with Gasteiger partial charge in [0.25, 0.3) is 5.72 Å². The van der Waals surface area contributed by atoms with Gasteiger partial charge >= 0.3 is 17.4 Å². The molecule has 8 heteroatoms. The van der Waals surface area contributed by atoms with Gasteiger partial charge in [0.2, 0.25) is 0 Å². The molecule has 8 nitrogen and oxygen atoms in total. The molecule has 0 radical (unpaired) electrons. The number of ether oxygens (including phenoxy) is 1. The number of fused-ring (bicyclic) bond motifs is 4. The predicted octanol–water partition coefficient (Wildman–Crippen LogP) is 0.334. The smallest absolute Gasteiger partial charge is 0.358 e. The van der Waals surface area contributed by atoms with Gasteiger partial charge in [-0.05, 0) is 12.5 Å². The average molecular weight is 301 g/mol. The van der Waals surface area contributed by atoms with E-state index in [-0.39, 0.29) is 11.4 Å². The molecule has 0 aliphatic carbocycles. The molecule has 0 amide bonds. The molecule has 112 valence electrons. The van der Waals surface area contributed by atoms with Gasteiger partial charge in [0.05, 0.1) is 10.5 Å². The second kappa shape index (κ2) is 4.06. The van der Waals surface area contributed by atoms with Gasteiger partial charge in [0.1, 0.15) is 0 Å². The third kappa shape index (κ3) is 1.31. The Morgan fingerprint density at radius 1 is 1.32 bits per heavy atom. The van der Waals surface area contributed by atoms with Crippen molar-refractivity contribution in [1.82, 2.24) is 10.2 Å². The monoisotopic (exact) mass is 301 g/mol. The van der Waals surface area contributed by atoms with Crippen LogP contribution in [0.5, 0.6) is 0 Å². The Labute approximate surface area is 124 Å². The molecule has 4 rings (SSSR count). The molecule has 1 atom stereocenters. The van der Waals surface area contributed by atoms with E-state index in [4.69, 9.17) is 4.74 Å². The Morgan fingerprint density at radius 3 is 2.86 bits per heavy atom. The number of carbonyl (C=O) groups is 2. The van der Waals surface area contributed by atoms with Crippen molar-refractivity contribution in [1.29, 1.82) is 0 Å². The standard InChI is InChI=1S/C14H11N3O5/c18-11-10(17(20)21)12-15-6-3-7-16(12)14(11)9-5-2-1-4-8(9)13(19)22-14/h1-2,4-5,15H,3,6-7H2. The number of hydrogen-bond acceptors (Lipinski definition) is 7. The largest absolute Gasteiger partial charge is 0.422 e. The summed E-state index contributed by atoms with van der Waals surface area (Å²) in [7, 11) is 0. The van der Waals surface area contributed by atoms with E-state index < -0.39 is 28.1 Å². The summed E-state index contributed by atoms with van der Waals surface area (Å²) in [5.74, 6) is -1.32. The number of esters is 1. The lowest BCUT2D eigenvalue weighted by molar-refractivity contribution is -0.420. The summed E-state index contributed by atoms with van der Waals surface area (Å²) in [5.41, 5.74) is -1.66. The van der Waals surface area contributed by atoms with Crippen LogP contribution in [0.2, 0.25) is 0 Å². The number of nitrogens with zero attached hydrogens (tertiary/aromatic N) is 2. The molecule has 1 spiro atoms. The number of hydrogen-bond donors (Lipinski definition) is 1. The van der Waals surface area contributed by atoms with Crippen LogP contribution in [-0.4, -0.2) is 34.7 Å².